The van der Waals surface area contributed by atoms with Crippen LogP contribution < -0.4 is 10.1 Å². The highest BCUT2D eigenvalue weighted by Crippen LogP contribution is 2.41. The number of unbranched alkanes of at least 4 members (excludes halogenated alkanes) is 1. The highest BCUT2D eigenvalue weighted by molar-refractivity contribution is 5.85. The molecule has 1 aliphatic carbocycles. The molecule has 3 atom stereocenters. The third kappa shape index (κ3) is 4.32. The maximum absolute atomic E-state index is 13.6. The number of ether oxygens (including phenoxy) is 1. The van der Waals surface area contributed by atoms with Gasteiger partial charge in [0.15, 0.2) is 0 Å². The van der Waals surface area contributed by atoms with E-state index in [0.717, 1.165) is 37.0 Å². The molecule has 164 valence electrons. The summed E-state index contributed by atoms with van der Waals surface area (Å²) in [6.07, 6.45) is 4.80. The van der Waals surface area contributed by atoms with E-state index in [0.29, 0.717) is 19.4 Å². The first-order valence-electron chi connectivity index (χ1n) is 11.4. The van der Waals surface area contributed by atoms with E-state index in [-0.39, 0.29) is 29.8 Å². The van der Waals surface area contributed by atoms with Crippen molar-refractivity contribution < 1.29 is 14.3 Å². The topological polar surface area (TPSA) is 58.6 Å². The van der Waals surface area contributed by atoms with Gasteiger partial charge in [0.05, 0.1) is 25.1 Å². The number of likely N-dealkylation sites (tertiary alicyclic amines) is 1. The number of nitrogens with one attached hydrogen (secondary N) is 1. The second kappa shape index (κ2) is 9.54. The first-order valence-corrected chi connectivity index (χ1v) is 11.4. The number of fused-ring (bicyclic) bond motifs is 1. The third-order valence-electron chi connectivity index (χ3n) is 6.70. The van der Waals surface area contributed by atoms with Gasteiger partial charge in [-0.15, -0.1) is 0 Å². The van der Waals surface area contributed by atoms with Crippen LogP contribution in [0.15, 0.2) is 48.5 Å². The van der Waals surface area contributed by atoms with Gasteiger partial charge in [-0.25, -0.2) is 0 Å². The van der Waals surface area contributed by atoms with Gasteiger partial charge in [-0.1, -0.05) is 55.8 Å². The first kappa shape index (κ1) is 21.4. The van der Waals surface area contributed by atoms with Crippen molar-refractivity contribution in [3.63, 3.8) is 0 Å². The van der Waals surface area contributed by atoms with Crippen molar-refractivity contribution in [3.05, 3.63) is 65.2 Å². The molecule has 0 saturated carbocycles. The van der Waals surface area contributed by atoms with Crippen LogP contribution in [0.25, 0.3) is 0 Å². The van der Waals surface area contributed by atoms with E-state index in [1.54, 1.807) is 7.11 Å². The van der Waals surface area contributed by atoms with E-state index < -0.39 is 0 Å². The lowest BCUT2D eigenvalue weighted by Crippen LogP contribution is -2.48. The minimum absolute atomic E-state index is 0.0339. The van der Waals surface area contributed by atoms with Gasteiger partial charge in [0.2, 0.25) is 11.8 Å². The van der Waals surface area contributed by atoms with Crippen LogP contribution in [0.4, 0.5) is 0 Å². The lowest BCUT2D eigenvalue weighted by molar-refractivity contribution is -0.143. The predicted octanol–water partition coefficient (Wildman–Crippen LogP) is 4.58. The molecule has 1 heterocycles. The summed E-state index contributed by atoms with van der Waals surface area (Å²) in [5.41, 5.74) is 3.46. The number of methoxy groups -OCH3 is 1. The summed E-state index contributed by atoms with van der Waals surface area (Å²) < 4.78 is 5.62. The Hall–Kier alpha value is -2.82. The maximum atomic E-state index is 13.6. The van der Waals surface area contributed by atoms with E-state index in [2.05, 4.69) is 30.4 Å². The van der Waals surface area contributed by atoms with Crippen LogP contribution in [-0.4, -0.2) is 30.4 Å². The van der Waals surface area contributed by atoms with E-state index in [1.165, 1.54) is 11.1 Å². The number of aryl methyl sites for hydroxylation is 1. The molecule has 4 rings (SSSR count). The molecule has 0 spiro atoms. The number of hydrogen-bond acceptors (Lipinski definition) is 3. The molecule has 2 aromatic rings. The zero-order valence-corrected chi connectivity index (χ0v) is 18.5. The Balaban J connectivity index is 1.64. The third-order valence-corrected chi connectivity index (χ3v) is 6.70. The molecule has 2 aromatic carbocycles. The van der Waals surface area contributed by atoms with Gasteiger partial charge in [0, 0.05) is 18.5 Å². The van der Waals surface area contributed by atoms with Crippen LogP contribution in [-0.2, 0) is 16.0 Å². The minimum Gasteiger partial charge on any atom is -0.496 e. The molecular weight excluding hydrogens is 388 g/mol. The molecule has 1 fully saturated rings. The molecule has 5 heteroatoms. The number of carbonyl (C=O) groups excluding carboxylic acids is 2. The molecule has 3 unspecified atom stereocenters. The Morgan fingerprint density at radius 3 is 2.58 bits per heavy atom. The number of para-hydroxylation sites is 1. The molecule has 2 aliphatic rings. The smallest absolute Gasteiger partial charge is 0.226 e. The van der Waals surface area contributed by atoms with Crippen LogP contribution in [0.2, 0.25) is 0 Å². The second-order valence-electron chi connectivity index (χ2n) is 8.57. The number of carbonyl (C=O) groups is 2. The number of nitrogens with zero attached hydrogens (tertiary/aromatic N) is 1. The highest BCUT2D eigenvalue weighted by Gasteiger charge is 2.42. The summed E-state index contributed by atoms with van der Waals surface area (Å²) in [7, 11) is 1.64. The van der Waals surface area contributed by atoms with Crippen LogP contribution >= 0.6 is 0 Å². The number of rotatable bonds is 7. The fourth-order valence-corrected chi connectivity index (χ4v) is 5.10. The number of piperidine rings is 1. The SMILES string of the molecule is CCCCN1C(=O)CCC(C(=O)NC2CCc3ccccc32)C1c1ccccc1OC. The molecular formula is C26H32N2O3. The predicted molar refractivity (Wildman–Crippen MR) is 121 cm³/mol. The molecule has 1 saturated heterocycles. The average molecular weight is 421 g/mol. The van der Waals surface area contributed by atoms with E-state index >= 15 is 0 Å². The molecule has 2 amide bonds. The fourth-order valence-electron chi connectivity index (χ4n) is 5.10. The van der Waals surface area contributed by atoms with E-state index in [4.69, 9.17) is 4.74 Å². The molecule has 0 aromatic heterocycles. The Labute approximate surface area is 184 Å². The van der Waals surface area contributed by atoms with Gasteiger partial charge >= 0.3 is 0 Å². The highest BCUT2D eigenvalue weighted by atomic mass is 16.5. The Kier molecular flexibility index (Phi) is 6.59. The monoisotopic (exact) mass is 420 g/mol. The van der Waals surface area contributed by atoms with Gasteiger partial charge in [0.1, 0.15) is 5.75 Å². The molecule has 1 N–H and O–H groups in total. The van der Waals surface area contributed by atoms with Crippen LogP contribution in [0, 0.1) is 5.92 Å². The zero-order valence-electron chi connectivity index (χ0n) is 18.5. The van der Waals surface area contributed by atoms with Crippen LogP contribution in [0.5, 0.6) is 5.75 Å². The Bertz CT molecular complexity index is 942. The van der Waals surface area contributed by atoms with Crippen molar-refractivity contribution >= 4 is 11.8 Å². The van der Waals surface area contributed by atoms with Crippen LogP contribution in [0.3, 0.4) is 0 Å². The Morgan fingerprint density at radius 1 is 1.06 bits per heavy atom. The van der Waals surface area contributed by atoms with Crippen molar-refractivity contribution in [2.75, 3.05) is 13.7 Å². The maximum Gasteiger partial charge on any atom is 0.226 e. The van der Waals surface area contributed by atoms with Crippen molar-refractivity contribution in [1.29, 1.82) is 0 Å². The molecule has 5 nitrogen and oxygen atoms in total. The van der Waals surface area contributed by atoms with Gasteiger partial charge in [-0.3, -0.25) is 9.59 Å². The molecule has 31 heavy (non-hydrogen) atoms. The van der Waals surface area contributed by atoms with Crippen molar-refractivity contribution in [3.8, 4) is 5.75 Å². The largest absolute Gasteiger partial charge is 0.496 e. The lowest BCUT2D eigenvalue weighted by Gasteiger charge is -2.41. The summed E-state index contributed by atoms with van der Waals surface area (Å²) in [5, 5.41) is 3.32. The number of benzene rings is 2. The van der Waals surface area contributed by atoms with Gasteiger partial charge < -0.3 is 15.0 Å². The summed E-state index contributed by atoms with van der Waals surface area (Å²) in [4.78, 5) is 28.4. The summed E-state index contributed by atoms with van der Waals surface area (Å²) in [6, 6.07) is 15.9. The second-order valence-corrected chi connectivity index (χ2v) is 8.57. The molecule has 1 aliphatic heterocycles. The van der Waals surface area contributed by atoms with E-state index in [9.17, 15) is 9.59 Å². The van der Waals surface area contributed by atoms with Gasteiger partial charge in [-0.05, 0) is 42.9 Å². The molecule has 0 radical (unpaired) electrons. The minimum atomic E-state index is -0.305. The van der Waals surface area contributed by atoms with E-state index in [1.807, 2.05) is 35.2 Å². The first-order chi connectivity index (χ1) is 15.1. The summed E-state index contributed by atoms with van der Waals surface area (Å²) in [6.45, 7) is 2.78. The van der Waals surface area contributed by atoms with Crippen molar-refractivity contribution in [2.45, 2.75) is 57.5 Å². The average Bonchev–Trinajstić information content (AvgIpc) is 3.20. The quantitative estimate of drug-likeness (QED) is 0.713. The fraction of sp³-hybridized carbons (Fsp3) is 0.462. The lowest BCUT2D eigenvalue weighted by atomic mass is 9.82. The van der Waals surface area contributed by atoms with Gasteiger partial charge in [0.25, 0.3) is 0 Å². The van der Waals surface area contributed by atoms with Crippen molar-refractivity contribution in [2.24, 2.45) is 5.92 Å². The standard InChI is InChI=1S/C26H32N2O3/c1-3-4-17-28-24(29)16-14-21(25(28)20-11-7-8-12-23(20)31-2)26(30)27-22-15-13-18-9-5-6-10-19(18)22/h5-12,21-22,25H,3-4,13-17H2,1-2H3,(H,27,30). The summed E-state index contributed by atoms with van der Waals surface area (Å²) >= 11 is 0. The summed E-state index contributed by atoms with van der Waals surface area (Å²) in [5.74, 6) is 0.595. The number of amides is 2. The van der Waals surface area contributed by atoms with Gasteiger partial charge in [-0.2, -0.15) is 0 Å². The number of hydrogen-bond donors (Lipinski definition) is 1. The normalized spacial score (nSPS) is 22.8. The van der Waals surface area contributed by atoms with Crippen molar-refractivity contribution in [1.82, 2.24) is 10.2 Å². The zero-order chi connectivity index (χ0) is 21.8. The Morgan fingerprint density at radius 2 is 1.81 bits per heavy atom. The molecule has 0 bridgehead atoms. The van der Waals surface area contributed by atoms with Crippen LogP contribution in [0.1, 0.15) is 67.8 Å².